The lowest BCUT2D eigenvalue weighted by Crippen LogP contribution is -2.39. The summed E-state index contributed by atoms with van der Waals surface area (Å²) in [5.74, 6) is 3.15. The highest BCUT2D eigenvalue weighted by molar-refractivity contribution is 8.14. The molecule has 1 amide bonds. The Balaban J connectivity index is 1.63. The van der Waals surface area contributed by atoms with Crippen molar-refractivity contribution in [1.29, 1.82) is 0 Å². The van der Waals surface area contributed by atoms with E-state index in [0.29, 0.717) is 5.82 Å². The van der Waals surface area contributed by atoms with Crippen LogP contribution < -0.4 is 20.8 Å². The normalized spacial score (nSPS) is 17.8. The van der Waals surface area contributed by atoms with E-state index in [0.717, 1.165) is 63.3 Å². The number of aliphatic imine (C=N–C) groups is 1. The molecule has 0 fully saturated rings. The van der Waals surface area contributed by atoms with Crippen LogP contribution in [0.1, 0.15) is 29.7 Å². The molecule has 188 valence electrons. The van der Waals surface area contributed by atoms with E-state index in [1.165, 1.54) is 5.01 Å². The number of amidine groups is 1. The molecular formula is C29H29N5O2S. The van der Waals surface area contributed by atoms with Crippen LogP contribution in [0.2, 0.25) is 0 Å². The molecule has 1 unspecified atom stereocenters. The molecule has 8 heteroatoms. The molecule has 0 aromatic heterocycles. The first kappa shape index (κ1) is 24.7. The van der Waals surface area contributed by atoms with E-state index in [-0.39, 0.29) is 6.04 Å². The predicted molar refractivity (Wildman–Crippen MR) is 150 cm³/mol. The molecule has 2 heterocycles. The van der Waals surface area contributed by atoms with Gasteiger partial charge in [-0.2, -0.15) is 0 Å². The van der Waals surface area contributed by atoms with Crippen LogP contribution in [0.5, 0.6) is 5.75 Å². The topological polar surface area (TPSA) is 78.0 Å². The molecule has 2 aliphatic heterocycles. The van der Waals surface area contributed by atoms with E-state index < -0.39 is 0 Å². The van der Waals surface area contributed by atoms with Gasteiger partial charge in [-0.3, -0.25) is 9.79 Å². The highest BCUT2D eigenvalue weighted by Gasteiger charge is 2.34. The van der Waals surface area contributed by atoms with Crippen LogP contribution >= 0.6 is 11.8 Å². The molecule has 0 radical (unpaired) electrons. The van der Waals surface area contributed by atoms with E-state index in [2.05, 4.69) is 45.3 Å². The quantitative estimate of drug-likeness (QED) is 0.379. The summed E-state index contributed by atoms with van der Waals surface area (Å²) in [5, 5.41) is 9.43. The predicted octanol–water partition coefficient (Wildman–Crippen LogP) is 4.75. The van der Waals surface area contributed by atoms with Gasteiger partial charge < -0.3 is 15.4 Å². The Kier molecular flexibility index (Phi) is 7.58. The van der Waals surface area contributed by atoms with Crippen LogP contribution in [0.4, 0.5) is 0 Å². The standard InChI is InChI=1S/C29H29N5O2S/c1-20(21-13-15-24(36-2)16-14-21)27(32-29-30-17-18-37-29)31-28-25(22-9-5-3-6-10-22)26(33-34(28)19-35)23-11-7-4-8-12-23/h3-16,19,26,31,33H,17-18H2,1-2H3,(H,30,32)/b27-20-. The lowest BCUT2D eigenvalue weighted by molar-refractivity contribution is -0.118. The van der Waals surface area contributed by atoms with Crippen molar-refractivity contribution >= 4 is 34.5 Å². The molecule has 7 nitrogen and oxygen atoms in total. The van der Waals surface area contributed by atoms with Gasteiger partial charge in [0.2, 0.25) is 6.41 Å². The SMILES string of the molecule is COc1ccc(/C(C)=C(\NC2=NCCS2)NC2=C(c3ccccc3)C(c3ccccc3)NN2C=O)cc1. The molecule has 5 rings (SSSR count). The summed E-state index contributed by atoms with van der Waals surface area (Å²) in [6.45, 7) is 2.82. The Morgan fingerprint density at radius 2 is 1.73 bits per heavy atom. The summed E-state index contributed by atoms with van der Waals surface area (Å²) in [5.41, 5.74) is 8.42. The van der Waals surface area contributed by atoms with Crippen molar-refractivity contribution in [3.05, 3.63) is 113 Å². The number of ether oxygens (including phenoxy) is 1. The Labute approximate surface area is 221 Å². The number of carbonyl (C=O) groups excluding carboxylic acids is 1. The minimum atomic E-state index is -0.211. The second-order valence-electron chi connectivity index (χ2n) is 8.59. The number of hydrazine groups is 1. The fourth-order valence-corrected chi connectivity index (χ4v) is 5.13. The van der Waals surface area contributed by atoms with Crippen LogP contribution in [-0.2, 0) is 4.79 Å². The van der Waals surface area contributed by atoms with Gasteiger partial charge >= 0.3 is 0 Å². The number of amides is 1. The van der Waals surface area contributed by atoms with Crippen molar-refractivity contribution in [1.82, 2.24) is 21.1 Å². The van der Waals surface area contributed by atoms with E-state index in [9.17, 15) is 4.79 Å². The molecule has 0 spiro atoms. The Morgan fingerprint density at radius 3 is 2.35 bits per heavy atom. The minimum Gasteiger partial charge on any atom is -0.497 e. The van der Waals surface area contributed by atoms with Crippen molar-refractivity contribution in [2.75, 3.05) is 19.4 Å². The van der Waals surface area contributed by atoms with E-state index in [1.807, 2.05) is 67.6 Å². The van der Waals surface area contributed by atoms with Crippen molar-refractivity contribution < 1.29 is 9.53 Å². The highest BCUT2D eigenvalue weighted by Crippen LogP contribution is 2.38. The van der Waals surface area contributed by atoms with Crippen LogP contribution in [0.3, 0.4) is 0 Å². The first-order valence-corrected chi connectivity index (χ1v) is 13.1. The number of allylic oxidation sites excluding steroid dienone is 1. The van der Waals surface area contributed by atoms with Gasteiger partial charge in [0.05, 0.1) is 19.7 Å². The van der Waals surface area contributed by atoms with E-state index >= 15 is 0 Å². The molecule has 0 bridgehead atoms. The zero-order chi connectivity index (χ0) is 25.6. The van der Waals surface area contributed by atoms with Gasteiger partial charge in [-0.25, -0.2) is 10.4 Å². The van der Waals surface area contributed by atoms with Crippen molar-refractivity contribution in [3.8, 4) is 5.75 Å². The number of thioether (sulfide) groups is 1. The third-order valence-electron chi connectivity index (χ3n) is 6.33. The molecule has 0 aliphatic carbocycles. The maximum absolute atomic E-state index is 12.3. The second-order valence-corrected chi connectivity index (χ2v) is 9.67. The monoisotopic (exact) mass is 511 g/mol. The van der Waals surface area contributed by atoms with Gasteiger partial charge in [-0.1, -0.05) is 84.6 Å². The van der Waals surface area contributed by atoms with Crippen molar-refractivity contribution in [2.45, 2.75) is 13.0 Å². The fourth-order valence-electron chi connectivity index (χ4n) is 4.39. The molecule has 3 aromatic rings. The number of benzene rings is 3. The van der Waals surface area contributed by atoms with Crippen LogP contribution in [0.25, 0.3) is 11.1 Å². The molecule has 2 aliphatic rings. The number of nitrogens with one attached hydrogen (secondary N) is 3. The summed E-state index contributed by atoms with van der Waals surface area (Å²) in [7, 11) is 1.66. The van der Waals surface area contributed by atoms with E-state index in [1.54, 1.807) is 18.9 Å². The molecular weight excluding hydrogens is 482 g/mol. The number of methoxy groups -OCH3 is 1. The first-order valence-electron chi connectivity index (χ1n) is 12.1. The number of nitrogens with zero attached hydrogens (tertiary/aromatic N) is 2. The Hall–Kier alpha value is -4.01. The largest absolute Gasteiger partial charge is 0.497 e. The number of hydrogen-bond donors (Lipinski definition) is 3. The zero-order valence-electron chi connectivity index (χ0n) is 20.8. The Bertz CT molecular complexity index is 1340. The minimum absolute atomic E-state index is 0.211. The maximum atomic E-state index is 12.3. The van der Waals surface area contributed by atoms with E-state index in [4.69, 9.17) is 4.74 Å². The fraction of sp³-hybridized carbons (Fsp3) is 0.172. The van der Waals surface area contributed by atoms with Crippen molar-refractivity contribution in [2.24, 2.45) is 4.99 Å². The number of carbonyl (C=O) groups is 1. The lowest BCUT2D eigenvalue weighted by Gasteiger charge is -2.22. The third-order valence-corrected chi connectivity index (χ3v) is 7.23. The van der Waals surface area contributed by atoms with Gasteiger partial charge in [-0.05, 0) is 41.3 Å². The summed E-state index contributed by atoms with van der Waals surface area (Å²) in [6, 6.07) is 28.0. The van der Waals surface area contributed by atoms with Crippen LogP contribution in [0.15, 0.2) is 102 Å². The number of rotatable bonds is 8. The summed E-state index contributed by atoms with van der Waals surface area (Å²) in [4.78, 5) is 16.9. The molecule has 0 saturated heterocycles. The third kappa shape index (κ3) is 5.40. The van der Waals surface area contributed by atoms with Crippen molar-refractivity contribution in [3.63, 3.8) is 0 Å². The first-order chi connectivity index (χ1) is 18.2. The lowest BCUT2D eigenvalue weighted by atomic mass is 9.94. The van der Waals surface area contributed by atoms with Gasteiger partial charge in [0.1, 0.15) is 17.4 Å². The molecule has 1 atom stereocenters. The molecule has 37 heavy (non-hydrogen) atoms. The average molecular weight is 512 g/mol. The van der Waals surface area contributed by atoms with Gasteiger partial charge in [0, 0.05) is 11.3 Å². The molecule has 3 aromatic carbocycles. The highest BCUT2D eigenvalue weighted by atomic mass is 32.2. The maximum Gasteiger partial charge on any atom is 0.229 e. The second kappa shape index (κ2) is 11.4. The molecule has 0 saturated carbocycles. The zero-order valence-corrected chi connectivity index (χ0v) is 21.6. The average Bonchev–Trinajstić information content (AvgIpc) is 3.61. The molecule has 3 N–H and O–H groups in total. The number of hydrogen-bond acceptors (Lipinski definition) is 7. The van der Waals surface area contributed by atoms with Gasteiger partial charge in [0.25, 0.3) is 0 Å². The van der Waals surface area contributed by atoms with Gasteiger partial charge in [0.15, 0.2) is 5.17 Å². The summed E-state index contributed by atoms with van der Waals surface area (Å²) < 4.78 is 5.34. The Morgan fingerprint density at radius 1 is 1.03 bits per heavy atom. The summed E-state index contributed by atoms with van der Waals surface area (Å²) >= 11 is 1.68. The summed E-state index contributed by atoms with van der Waals surface area (Å²) in [6.07, 6.45) is 0.802. The van der Waals surface area contributed by atoms with Crippen LogP contribution in [0, 0.1) is 0 Å². The van der Waals surface area contributed by atoms with Gasteiger partial charge in [-0.15, -0.1) is 0 Å². The smallest absolute Gasteiger partial charge is 0.229 e. The van der Waals surface area contributed by atoms with Crippen LogP contribution in [-0.4, -0.2) is 36.0 Å².